The molecule has 1 aromatic rings. The zero-order chi connectivity index (χ0) is 14.8. The van der Waals surface area contributed by atoms with E-state index in [0.717, 1.165) is 12.3 Å². The van der Waals surface area contributed by atoms with Crippen molar-refractivity contribution in [1.82, 2.24) is 9.80 Å². The van der Waals surface area contributed by atoms with Gasteiger partial charge in [0.15, 0.2) is 0 Å². The average molecular weight is 288 g/mol. The molecule has 0 saturated carbocycles. The summed E-state index contributed by atoms with van der Waals surface area (Å²) in [7, 11) is 4.35. The summed E-state index contributed by atoms with van der Waals surface area (Å²) in [6.07, 6.45) is 6.10. The van der Waals surface area contributed by atoms with Gasteiger partial charge in [-0.15, -0.1) is 0 Å². The van der Waals surface area contributed by atoms with E-state index >= 15 is 0 Å². The number of fused-ring (bicyclic) bond motifs is 1. The zero-order valence-corrected chi connectivity index (χ0v) is 13.4. The lowest BCUT2D eigenvalue weighted by Gasteiger charge is -2.40. The summed E-state index contributed by atoms with van der Waals surface area (Å²) in [5.41, 5.74) is 2.58. The van der Waals surface area contributed by atoms with Gasteiger partial charge in [-0.25, -0.2) is 0 Å². The topological polar surface area (TPSA) is 26.7 Å². The zero-order valence-electron chi connectivity index (χ0n) is 13.4. The van der Waals surface area contributed by atoms with Gasteiger partial charge in [0.2, 0.25) is 0 Å². The number of aromatic hydroxyl groups is 1. The Hall–Kier alpha value is -1.06. The van der Waals surface area contributed by atoms with Gasteiger partial charge in [0.1, 0.15) is 5.75 Å². The van der Waals surface area contributed by atoms with Gasteiger partial charge >= 0.3 is 0 Å². The molecule has 1 saturated heterocycles. The minimum atomic E-state index is 0.500. The number of piperidine rings is 1. The molecule has 0 bridgehead atoms. The normalized spacial score (nSPS) is 24.2. The molecule has 1 aromatic carbocycles. The molecule has 3 heteroatoms. The lowest BCUT2D eigenvalue weighted by atomic mass is 9.84. The largest absolute Gasteiger partial charge is 0.508 e. The van der Waals surface area contributed by atoms with Crippen molar-refractivity contribution >= 4 is 0 Å². The minimum absolute atomic E-state index is 0.500. The van der Waals surface area contributed by atoms with Crippen LogP contribution in [0, 0.1) is 5.92 Å². The second-order valence-corrected chi connectivity index (χ2v) is 6.99. The Morgan fingerprint density at radius 3 is 2.67 bits per heavy atom. The van der Waals surface area contributed by atoms with E-state index in [1.165, 1.54) is 56.4 Å². The molecule has 0 radical (unpaired) electrons. The Balaban J connectivity index is 1.69. The third kappa shape index (κ3) is 3.24. The van der Waals surface area contributed by atoms with Crippen molar-refractivity contribution < 1.29 is 5.11 Å². The summed E-state index contributed by atoms with van der Waals surface area (Å²) in [5.74, 6) is 1.35. The van der Waals surface area contributed by atoms with E-state index in [9.17, 15) is 5.11 Å². The highest BCUT2D eigenvalue weighted by Gasteiger charge is 2.30. The molecule has 116 valence electrons. The lowest BCUT2D eigenvalue weighted by Crippen LogP contribution is -2.40. The fraction of sp³-hybridized carbons (Fsp3) is 0.667. The first-order valence-corrected chi connectivity index (χ1v) is 8.34. The van der Waals surface area contributed by atoms with Crippen molar-refractivity contribution in [3.63, 3.8) is 0 Å². The summed E-state index contributed by atoms with van der Waals surface area (Å²) in [5, 5.41) is 10.1. The summed E-state index contributed by atoms with van der Waals surface area (Å²) >= 11 is 0. The Bertz CT molecular complexity index is 478. The van der Waals surface area contributed by atoms with Gasteiger partial charge in [-0.3, -0.25) is 4.90 Å². The molecule has 3 nitrogen and oxygen atoms in total. The van der Waals surface area contributed by atoms with Crippen molar-refractivity contribution in [2.75, 3.05) is 33.7 Å². The predicted octanol–water partition coefficient (Wildman–Crippen LogP) is 3.04. The second kappa shape index (κ2) is 6.37. The number of likely N-dealkylation sites (tertiary alicyclic amines) is 1. The molecule has 1 atom stereocenters. The third-order valence-electron chi connectivity index (χ3n) is 5.16. The molecule has 1 N–H and O–H groups in total. The number of phenols is 1. The Morgan fingerprint density at radius 2 is 1.95 bits per heavy atom. The first kappa shape index (κ1) is 14.9. The quantitative estimate of drug-likeness (QED) is 0.926. The van der Waals surface area contributed by atoms with Gasteiger partial charge in [0, 0.05) is 12.6 Å². The van der Waals surface area contributed by atoms with Crippen LogP contribution in [0.4, 0.5) is 0 Å². The Morgan fingerprint density at radius 1 is 1.19 bits per heavy atom. The fourth-order valence-corrected chi connectivity index (χ4v) is 4.15. The molecule has 21 heavy (non-hydrogen) atoms. The maximum Gasteiger partial charge on any atom is 0.119 e. The molecule has 1 unspecified atom stereocenters. The molecular formula is C18H28N2O. The lowest BCUT2D eigenvalue weighted by molar-refractivity contribution is 0.109. The van der Waals surface area contributed by atoms with Crippen molar-refractivity contribution in [3.05, 3.63) is 29.3 Å². The van der Waals surface area contributed by atoms with Gasteiger partial charge in [0.25, 0.3) is 0 Å². The highest BCUT2D eigenvalue weighted by atomic mass is 16.3. The van der Waals surface area contributed by atoms with Crippen LogP contribution >= 0.6 is 0 Å². The first-order chi connectivity index (χ1) is 10.1. The van der Waals surface area contributed by atoms with Gasteiger partial charge in [-0.2, -0.15) is 0 Å². The number of nitrogens with zero attached hydrogens (tertiary/aromatic N) is 2. The summed E-state index contributed by atoms with van der Waals surface area (Å²) in [4.78, 5) is 4.97. The molecular weight excluding hydrogens is 260 g/mol. The van der Waals surface area contributed by atoms with Crippen LogP contribution in [0.25, 0.3) is 0 Å². The molecule has 3 rings (SSSR count). The standard InChI is InChI=1S/C18H28N2O/c1-19(2)13-14-9-11-20(12-10-14)17-7-3-6-16-15(17)5-4-8-18(16)21/h4-5,8,14,17,21H,3,6-7,9-13H2,1-2H3. The molecule has 1 aliphatic carbocycles. The van der Waals surface area contributed by atoms with Crippen molar-refractivity contribution in [1.29, 1.82) is 0 Å². The van der Waals surface area contributed by atoms with Crippen LogP contribution in [0.15, 0.2) is 18.2 Å². The van der Waals surface area contributed by atoms with Gasteiger partial charge in [-0.1, -0.05) is 12.1 Å². The van der Waals surface area contributed by atoms with E-state index in [1.807, 2.05) is 12.1 Å². The van der Waals surface area contributed by atoms with Gasteiger partial charge in [-0.05, 0) is 82.4 Å². The van der Waals surface area contributed by atoms with Crippen molar-refractivity contribution in [3.8, 4) is 5.75 Å². The van der Waals surface area contributed by atoms with E-state index in [0.29, 0.717) is 11.8 Å². The van der Waals surface area contributed by atoms with Gasteiger partial charge in [0.05, 0.1) is 0 Å². The number of phenolic OH excluding ortho intramolecular Hbond substituents is 1. The van der Waals surface area contributed by atoms with Crippen LogP contribution in [0.1, 0.15) is 42.9 Å². The van der Waals surface area contributed by atoms with E-state index in [-0.39, 0.29) is 0 Å². The summed E-state index contributed by atoms with van der Waals surface area (Å²) in [6, 6.07) is 6.60. The van der Waals surface area contributed by atoms with Crippen LogP contribution in [-0.4, -0.2) is 48.6 Å². The van der Waals surface area contributed by atoms with Crippen LogP contribution in [0.2, 0.25) is 0 Å². The number of benzene rings is 1. The molecule has 0 spiro atoms. The highest BCUT2D eigenvalue weighted by molar-refractivity contribution is 5.42. The number of hydrogen-bond acceptors (Lipinski definition) is 3. The van der Waals surface area contributed by atoms with E-state index in [4.69, 9.17) is 0 Å². The fourth-order valence-electron chi connectivity index (χ4n) is 4.15. The van der Waals surface area contributed by atoms with Crippen LogP contribution in [0.5, 0.6) is 5.75 Å². The van der Waals surface area contributed by atoms with E-state index in [2.05, 4.69) is 30.0 Å². The molecule has 0 aromatic heterocycles. The van der Waals surface area contributed by atoms with E-state index < -0.39 is 0 Å². The molecule has 2 aliphatic rings. The maximum atomic E-state index is 10.1. The Labute approximate surface area is 128 Å². The molecule has 1 aliphatic heterocycles. The monoisotopic (exact) mass is 288 g/mol. The summed E-state index contributed by atoms with van der Waals surface area (Å²) in [6.45, 7) is 3.63. The second-order valence-electron chi connectivity index (χ2n) is 6.99. The van der Waals surface area contributed by atoms with Gasteiger partial charge < -0.3 is 10.0 Å². The number of rotatable bonds is 3. The minimum Gasteiger partial charge on any atom is -0.508 e. The molecule has 0 amide bonds. The Kier molecular flexibility index (Phi) is 4.51. The van der Waals surface area contributed by atoms with Crippen LogP contribution < -0.4 is 0 Å². The van der Waals surface area contributed by atoms with Crippen LogP contribution in [-0.2, 0) is 6.42 Å². The average Bonchev–Trinajstić information content (AvgIpc) is 2.48. The smallest absolute Gasteiger partial charge is 0.119 e. The molecule has 1 heterocycles. The highest BCUT2D eigenvalue weighted by Crippen LogP contribution is 2.39. The van der Waals surface area contributed by atoms with E-state index in [1.54, 1.807) is 0 Å². The van der Waals surface area contributed by atoms with Crippen LogP contribution in [0.3, 0.4) is 0 Å². The first-order valence-electron chi connectivity index (χ1n) is 8.34. The predicted molar refractivity (Wildman–Crippen MR) is 86.6 cm³/mol. The van der Waals surface area contributed by atoms with Crippen molar-refractivity contribution in [2.45, 2.75) is 38.1 Å². The maximum absolute atomic E-state index is 10.1. The SMILES string of the molecule is CN(C)CC1CCN(C2CCCc3c(O)cccc32)CC1. The van der Waals surface area contributed by atoms with Crippen molar-refractivity contribution in [2.24, 2.45) is 5.92 Å². The third-order valence-corrected chi connectivity index (χ3v) is 5.16. The summed E-state index contributed by atoms with van der Waals surface area (Å²) < 4.78 is 0. The molecule has 1 fully saturated rings. The number of hydrogen-bond donors (Lipinski definition) is 1.